The van der Waals surface area contributed by atoms with Crippen LogP contribution in [0.1, 0.15) is 17.5 Å². The molecule has 11 nitrogen and oxygen atoms in total. The van der Waals surface area contributed by atoms with E-state index in [1.807, 2.05) is 6.07 Å². The molecule has 1 saturated heterocycles. The number of aryl methyl sites for hydroxylation is 1. The van der Waals surface area contributed by atoms with Crippen LogP contribution in [0.3, 0.4) is 0 Å². The molecule has 1 aromatic carbocycles. The molecule has 0 radical (unpaired) electrons. The first-order valence-electron chi connectivity index (χ1n) is 9.40. The first-order chi connectivity index (χ1) is 14.7. The van der Waals surface area contributed by atoms with Crippen LogP contribution >= 0.6 is 7.75 Å². The molecule has 166 valence electrons. The topological polar surface area (TPSA) is 152 Å². The van der Waals surface area contributed by atoms with Gasteiger partial charge in [0.15, 0.2) is 11.9 Å². The molecule has 0 spiro atoms. The Morgan fingerprint density at radius 3 is 2.74 bits per heavy atom. The standard InChI is InChI=1S/C18H21FN5O6P/c1-10-13-16(23-18(19)22-10)24(9-20-13)17-15(26)14(25)12(30-17)8-29-31(27,28)21-7-11-5-3-2-4-6-11/h2-6,9,12,14-15,17,25-26H,7-8H2,1H3,(H2,21,27,28)/t12-,14-,15+,17+/m0/s1. The van der Waals surface area contributed by atoms with Gasteiger partial charge in [-0.1, -0.05) is 30.3 Å². The molecule has 4 rings (SSSR count). The third-order valence-electron chi connectivity index (χ3n) is 4.92. The molecule has 1 fully saturated rings. The lowest BCUT2D eigenvalue weighted by Gasteiger charge is -2.18. The van der Waals surface area contributed by atoms with Crippen LogP contribution in [0.5, 0.6) is 0 Å². The van der Waals surface area contributed by atoms with Crippen molar-refractivity contribution in [1.29, 1.82) is 0 Å². The quantitative estimate of drug-likeness (QED) is 0.299. The van der Waals surface area contributed by atoms with Gasteiger partial charge in [-0.15, -0.1) is 0 Å². The molecule has 0 bridgehead atoms. The molecule has 0 aliphatic carbocycles. The normalized spacial score (nSPS) is 25.7. The minimum absolute atomic E-state index is 0.0835. The minimum Gasteiger partial charge on any atom is -0.387 e. The smallest absolute Gasteiger partial charge is 0.387 e. The van der Waals surface area contributed by atoms with Gasteiger partial charge in [-0.2, -0.15) is 9.37 Å². The predicted octanol–water partition coefficient (Wildman–Crippen LogP) is 0.800. The predicted molar refractivity (Wildman–Crippen MR) is 105 cm³/mol. The second kappa shape index (κ2) is 8.67. The summed E-state index contributed by atoms with van der Waals surface area (Å²) >= 11 is 0. The highest BCUT2D eigenvalue weighted by molar-refractivity contribution is 7.50. The Balaban J connectivity index is 1.43. The van der Waals surface area contributed by atoms with Crippen molar-refractivity contribution in [3.8, 4) is 0 Å². The Kier molecular flexibility index (Phi) is 6.13. The van der Waals surface area contributed by atoms with Crippen molar-refractivity contribution < 1.29 is 33.3 Å². The maximum absolute atomic E-state index is 13.6. The molecule has 4 N–H and O–H groups in total. The second-order valence-corrected chi connectivity index (χ2v) is 8.70. The van der Waals surface area contributed by atoms with Crippen molar-refractivity contribution in [3.63, 3.8) is 0 Å². The Morgan fingerprint density at radius 1 is 1.26 bits per heavy atom. The van der Waals surface area contributed by atoms with Gasteiger partial charge in [0.2, 0.25) is 0 Å². The summed E-state index contributed by atoms with van der Waals surface area (Å²) in [5.74, 6) is 0. The van der Waals surface area contributed by atoms with Gasteiger partial charge in [-0.3, -0.25) is 9.09 Å². The number of benzene rings is 1. The molecule has 1 aliphatic rings. The van der Waals surface area contributed by atoms with E-state index in [4.69, 9.17) is 9.26 Å². The molecule has 31 heavy (non-hydrogen) atoms. The number of ether oxygens (including phenoxy) is 1. The molecular formula is C18H21FN5O6P. The van der Waals surface area contributed by atoms with Crippen LogP contribution < -0.4 is 5.09 Å². The summed E-state index contributed by atoms with van der Waals surface area (Å²) in [5, 5.41) is 23.2. The van der Waals surface area contributed by atoms with E-state index in [9.17, 15) is 24.1 Å². The minimum atomic E-state index is -4.20. The average molecular weight is 453 g/mol. The maximum Gasteiger partial charge on any atom is 0.403 e. The Bertz CT molecular complexity index is 1120. The number of nitrogens with zero attached hydrogens (tertiary/aromatic N) is 4. The zero-order valence-corrected chi connectivity index (χ0v) is 17.3. The first kappa shape index (κ1) is 21.9. The fourth-order valence-corrected chi connectivity index (χ4v) is 4.14. The van der Waals surface area contributed by atoms with E-state index in [0.717, 1.165) is 5.56 Å². The molecule has 3 aromatic rings. The highest BCUT2D eigenvalue weighted by Crippen LogP contribution is 2.39. The Hall–Kier alpha value is -2.31. The molecule has 2 aromatic heterocycles. The number of fused-ring (bicyclic) bond motifs is 1. The number of aromatic nitrogens is 4. The van der Waals surface area contributed by atoms with E-state index in [1.165, 1.54) is 10.9 Å². The van der Waals surface area contributed by atoms with Gasteiger partial charge in [-0.05, 0) is 12.5 Å². The number of aliphatic hydroxyl groups excluding tert-OH is 2. The molecule has 1 unspecified atom stereocenters. The van der Waals surface area contributed by atoms with Crippen molar-refractivity contribution in [3.05, 3.63) is 54.0 Å². The third kappa shape index (κ3) is 4.65. The lowest BCUT2D eigenvalue weighted by molar-refractivity contribution is -0.0488. The van der Waals surface area contributed by atoms with Crippen molar-refractivity contribution >= 4 is 18.9 Å². The van der Waals surface area contributed by atoms with E-state index >= 15 is 0 Å². The summed E-state index contributed by atoms with van der Waals surface area (Å²) < 4.78 is 37.8. The second-order valence-electron chi connectivity index (χ2n) is 7.09. The summed E-state index contributed by atoms with van der Waals surface area (Å²) in [4.78, 5) is 21.4. The Labute approximate surface area is 176 Å². The number of nitrogens with one attached hydrogen (secondary N) is 1. The molecular weight excluding hydrogens is 432 g/mol. The van der Waals surface area contributed by atoms with Crippen LogP contribution in [0.4, 0.5) is 4.39 Å². The summed E-state index contributed by atoms with van der Waals surface area (Å²) in [5.41, 5.74) is 1.49. The number of aliphatic hydroxyl groups is 2. The van der Waals surface area contributed by atoms with E-state index in [2.05, 4.69) is 20.0 Å². The maximum atomic E-state index is 13.6. The van der Waals surface area contributed by atoms with Crippen LogP contribution in [0.15, 0.2) is 36.7 Å². The van der Waals surface area contributed by atoms with Crippen LogP contribution in [0.2, 0.25) is 0 Å². The monoisotopic (exact) mass is 453 g/mol. The lowest BCUT2D eigenvalue weighted by atomic mass is 10.1. The zero-order valence-electron chi connectivity index (χ0n) is 16.4. The largest absolute Gasteiger partial charge is 0.403 e. The Morgan fingerprint density at radius 2 is 2.00 bits per heavy atom. The van der Waals surface area contributed by atoms with Crippen LogP contribution in [-0.2, 0) is 20.4 Å². The van der Waals surface area contributed by atoms with Gasteiger partial charge >= 0.3 is 13.8 Å². The van der Waals surface area contributed by atoms with Gasteiger partial charge in [0.05, 0.1) is 18.6 Å². The summed E-state index contributed by atoms with van der Waals surface area (Å²) in [7, 11) is -4.20. The van der Waals surface area contributed by atoms with Crippen LogP contribution in [0.25, 0.3) is 11.2 Å². The summed E-state index contributed by atoms with van der Waals surface area (Å²) in [6.07, 6.45) is -4.81. The van der Waals surface area contributed by atoms with Gasteiger partial charge < -0.3 is 19.8 Å². The van der Waals surface area contributed by atoms with Gasteiger partial charge in [0.1, 0.15) is 23.8 Å². The van der Waals surface area contributed by atoms with E-state index in [0.29, 0.717) is 11.2 Å². The van der Waals surface area contributed by atoms with Gasteiger partial charge in [0.25, 0.3) is 0 Å². The fourth-order valence-electron chi connectivity index (χ4n) is 3.31. The molecule has 5 atom stereocenters. The number of halogens is 1. The number of imidazole rings is 1. The molecule has 13 heteroatoms. The summed E-state index contributed by atoms with van der Waals surface area (Å²) in [6.45, 7) is 1.18. The average Bonchev–Trinajstić information content (AvgIpc) is 3.27. The van der Waals surface area contributed by atoms with Crippen molar-refractivity contribution in [2.45, 2.75) is 38.0 Å². The molecule has 0 amide bonds. The highest BCUT2D eigenvalue weighted by atomic mass is 31.2. The van der Waals surface area contributed by atoms with E-state index in [1.54, 1.807) is 31.2 Å². The fraction of sp³-hybridized carbons (Fsp3) is 0.389. The van der Waals surface area contributed by atoms with Crippen molar-refractivity contribution in [2.75, 3.05) is 6.61 Å². The molecule has 0 saturated carbocycles. The van der Waals surface area contributed by atoms with Crippen LogP contribution in [-0.4, -0.2) is 59.5 Å². The molecule has 1 aliphatic heterocycles. The lowest BCUT2D eigenvalue weighted by Crippen LogP contribution is -2.34. The SMILES string of the molecule is Cc1nc(F)nc2c1ncn2[C@@H]1O[C@@H](COP(=O)(O)NCc2ccccc2)[C@H](O)[C@H]1O. The zero-order chi connectivity index (χ0) is 22.2. The van der Waals surface area contributed by atoms with E-state index < -0.39 is 45.0 Å². The van der Waals surface area contributed by atoms with Crippen molar-refractivity contribution in [2.24, 2.45) is 0 Å². The van der Waals surface area contributed by atoms with Crippen LogP contribution in [0, 0.1) is 13.0 Å². The third-order valence-corrected chi connectivity index (χ3v) is 5.98. The van der Waals surface area contributed by atoms with E-state index in [-0.39, 0.29) is 12.2 Å². The highest BCUT2D eigenvalue weighted by Gasteiger charge is 2.45. The van der Waals surface area contributed by atoms with Gasteiger partial charge in [0, 0.05) is 6.54 Å². The van der Waals surface area contributed by atoms with Crippen molar-refractivity contribution in [1.82, 2.24) is 24.6 Å². The number of hydrogen-bond acceptors (Lipinski definition) is 8. The number of rotatable bonds is 7. The summed E-state index contributed by atoms with van der Waals surface area (Å²) in [6, 6.07) is 8.97. The first-order valence-corrected chi connectivity index (χ1v) is 11.0. The van der Waals surface area contributed by atoms with Gasteiger partial charge in [-0.25, -0.2) is 19.6 Å². The number of hydrogen-bond donors (Lipinski definition) is 4. The molecule has 3 heterocycles.